The van der Waals surface area contributed by atoms with Crippen LogP contribution in [0, 0.1) is 3.57 Å². The molecule has 0 bridgehead atoms. The maximum absolute atomic E-state index is 11.2. The lowest BCUT2D eigenvalue weighted by Crippen LogP contribution is -2.08. The first kappa shape index (κ1) is 11.8. The summed E-state index contributed by atoms with van der Waals surface area (Å²) in [6.45, 7) is 0. The molecule has 1 heterocycles. The maximum Gasteiger partial charge on any atom is 0.352 e. The van der Waals surface area contributed by atoms with E-state index in [1.165, 1.54) is 0 Å². The van der Waals surface area contributed by atoms with Crippen LogP contribution in [-0.4, -0.2) is 15.6 Å². The number of carbonyl (C=O) groups is 1. The normalized spacial score (nSPS) is 14.7. The van der Waals surface area contributed by atoms with Crippen molar-refractivity contribution in [1.82, 2.24) is 4.57 Å². The molecule has 2 aromatic rings. The number of nitrogens with zero attached hydrogens (tertiary/aromatic N) is 1. The number of hydrogen-bond acceptors (Lipinski definition) is 1. The van der Waals surface area contributed by atoms with Gasteiger partial charge < -0.3 is 9.67 Å². The van der Waals surface area contributed by atoms with Gasteiger partial charge in [0.05, 0.1) is 0 Å². The molecule has 0 atom stereocenters. The van der Waals surface area contributed by atoms with Crippen LogP contribution in [-0.2, 0) is 0 Å². The fourth-order valence-electron chi connectivity index (χ4n) is 2.23. The number of carboxylic acid groups (broad SMARTS) is 1. The molecule has 0 unspecified atom stereocenters. The predicted octanol–water partition coefficient (Wildman–Crippen LogP) is 3.79. The smallest absolute Gasteiger partial charge is 0.352 e. The third kappa shape index (κ3) is 2.05. The van der Waals surface area contributed by atoms with Crippen molar-refractivity contribution >= 4 is 28.6 Å². The topological polar surface area (TPSA) is 42.2 Å². The van der Waals surface area contributed by atoms with Gasteiger partial charge in [-0.05, 0) is 65.3 Å². The summed E-state index contributed by atoms with van der Waals surface area (Å²) < 4.78 is 3.12. The fourth-order valence-corrected chi connectivity index (χ4v) is 2.77. The molecule has 1 saturated carbocycles. The average molecular weight is 353 g/mol. The maximum atomic E-state index is 11.2. The van der Waals surface area contributed by atoms with Gasteiger partial charge in [0.2, 0.25) is 0 Å². The quantitative estimate of drug-likeness (QED) is 0.853. The second-order valence-corrected chi connectivity index (χ2v) is 5.77. The third-order valence-corrected chi connectivity index (χ3v) is 3.84. The van der Waals surface area contributed by atoms with Gasteiger partial charge in [-0.15, -0.1) is 0 Å². The highest BCUT2D eigenvalue weighted by molar-refractivity contribution is 14.1. The van der Waals surface area contributed by atoms with Gasteiger partial charge in [0, 0.05) is 15.3 Å². The largest absolute Gasteiger partial charge is 0.477 e. The standard InChI is InChI=1S/C14H12INO2/c15-10-3-1-2-9(8-10)12-6-7-13(14(17)18)16(12)11-4-5-11/h1-3,6-8,11H,4-5H2,(H,17,18). The molecule has 1 aliphatic carbocycles. The van der Waals surface area contributed by atoms with E-state index in [-0.39, 0.29) is 0 Å². The van der Waals surface area contributed by atoms with E-state index in [4.69, 9.17) is 0 Å². The number of aromatic carboxylic acids is 1. The molecule has 0 aliphatic heterocycles. The summed E-state index contributed by atoms with van der Waals surface area (Å²) in [4.78, 5) is 11.2. The Bertz CT molecular complexity index is 614. The molecular weight excluding hydrogens is 341 g/mol. The second kappa shape index (κ2) is 4.42. The summed E-state index contributed by atoms with van der Waals surface area (Å²) >= 11 is 2.27. The van der Waals surface area contributed by atoms with Crippen molar-refractivity contribution in [3.63, 3.8) is 0 Å². The van der Waals surface area contributed by atoms with Crippen molar-refractivity contribution in [1.29, 1.82) is 0 Å². The molecule has 1 aromatic carbocycles. The van der Waals surface area contributed by atoms with Gasteiger partial charge in [0.15, 0.2) is 0 Å². The molecule has 0 saturated heterocycles. The van der Waals surface area contributed by atoms with Crippen molar-refractivity contribution in [3.05, 3.63) is 45.7 Å². The monoisotopic (exact) mass is 353 g/mol. The number of halogens is 1. The van der Waals surface area contributed by atoms with Gasteiger partial charge in [0.25, 0.3) is 0 Å². The highest BCUT2D eigenvalue weighted by Gasteiger charge is 2.29. The van der Waals surface area contributed by atoms with Gasteiger partial charge in [-0.1, -0.05) is 12.1 Å². The minimum absolute atomic E-state index is 0.360. The van der Waals surface area contributed by atoms with Crippen molar-refractivity contribution in [2.24, 2.45) is 0 Å². The lowest BCUT2D eigenvalue weighted by Gasteiger charge is -2.10. The Morgan fingerprint density at radius 1 is 1.28 bits per heavy atom. The lowest BCUT2D eigenvalue weighted by molar-refractivity contribution is 0.0685. The Labute approximate surface area is 119 Å². The van der Waals surface area contributed by atoms with E-state index < -0.39 is 5.97 Å². The third-order valence-electron chi connectivity index (χ3n) is 3.17. The van der Waals surface area contributed by atoms with Gasteiger partial charge in [-0.3, -0.25) is 0 Å². The lowest BCUT2D eigenvalue weighted by atomic mass is 10.1. The molecule has 1 aliphatic rings. The number of aromatic nitrogens is 1. The van der Waals surface area contributed by atoms with Crippen LogP contribution in [0.15, 0.2) is 36.4 Å². The van der Waals surface area contributed by atoms with Crippen LogP contribution in [0.2, 0.25) is 0 Å². The fraction of sp³-hybridized carbons (Fsp3) is 0.214. The molecule has 3 rings (SSSR count). The molecule has 3 nitrogen and oxygen atoms in total. The van der Waals surface area contributed by atoms with Crippen LogP contribution in [0.4, 0.5) is 0 Å². The Morgan fingerprint density at radius 2 is 2.06 bits per heavy atom. The van der Waals surface area contributed by atoms with Gasteiger partial charge in [-0.2, -0.15) is 0 Å². The van der Waals surface area contributed by atoms with Crippen LogP contribution in [0.1, 0.15) is 29.4 Å². The average Bonchev–Trinajstić information content (AvgIpc) is 3.07. The Morgan fingerprint density at radius 3 is 2.67 bits per heavy atom. The van der Waals surface area contributed by atoms with E-state index in [9.17, 15) is 9.90 Å². The number of hydrogen-bond donors (Lipinski definition) is 1. The van der Waals surface area contributed by atoms with Gasteiger partial charge >= 0.3 is 5.97 Å². The first-order chi connectivity index (χ1) is 8.66. The Balaban J connectivity index is 2.15. The van der Waals surface area contributed by atoms with Crippen LogP contribution in [0.5, 0.6) is 0 Å². The summed E-state index contributed by atoms with van der Waals surface area (Å²) in [5.41, 5.74) is 2.49. The summed E-state index contributed by atoms with van der Waals surface area (Å²) in [6, 6.07) is 12.1. The van der Waals surface area contributed by atoms with E-state index in [1.54, 1.807) is 6.07 Å². The molecule has 4 heteroatoms. The van der Waals surface area contributed by atoms with E-state index in [1.807, 2.05) is 28.8 Å². The minimum Gasteiger partial charge on any atom is -0.477 e. The van der Waals surface area contributed by atoms with Gasteiger partial charge in [-0.25, -0.2) is 4.79 Å². The highest BCUT2D eigenvalue weighted by atomic mass is 127. The van der Waals surface area contributed by atoms with Crippen LogP contribution in [0.3, 0.4) is 0 Å². The van der Waals surface area contributed by atoms with E-state index in [0.717, 1.165) is 27.7 Å². The first-order valence-electron chi connectivity index (χ1n) is 5.87. The Hall–Kier alpha value is -1.30. The number of carboxylic acids is 1. The van der Waals surface area contributed by atoms with E-state index in [2.05, 4.69) is 28.7 Å². The van der Waals surface area contributed by atoms with E-state index >= 15 is 0 Å². The van der Waals surface area contributed by atoms with Crippen LogP contribution >= 0.6 is 22.6 Å². The molecule has 1 fully saturated rings. The van der Waals surface area contributed by atoms with Gasteiger partial charge in [0.1, 0.15) is 5.69 Å². The number of rotatable bonds is 3. The van der Waals surface area contributed by atoms with Crippen LogP contribution in [0.25, 0.3) is 11.3 Å². The molecule has 0 spiro atoms. The zero-order valence-corrected chi connectivity index (χ0v) is 11.8. The zero-order valence-electron chi connectivity index (χ0n) is 9.64. The molecule has 18 heavy (non-hydrogen) atoms. The van der Waals surface area contributed by atoms with E-state index in [0.29, 0.717) is 11.7 Å². The van der Waals surface area contributed by atoms with Crippen molar-refractivity contribution in [2.75, 3.05) is 0 Å². The molecular formula is C14H12INO2. The predicted molar refractivity (Wildman–Crippen MR) is 77.8 cm³/mol. The Kier molecular flexibility index (Phi) is 2.89. The summed E-state index contributed by atoms with van der Waals surface area (Å²) in [7, 11) is 0. The molecule has 0 radical (unpaired) electrons. The first-order valence-corrected chi connectivity index (χ1v) is 6.95. The molecule has 1 aromatic heterocycles. The highest BCUT2D eigenvalue weighted by Crippen LogP contribution is 2.40. The molecule has 0 amide bonds. The zero-order chi connectivity index (χ0) is 12.7. The summed E-state index contributed by atoms with van der Waals surface area (Å²) in [6.07, 6.45) is 2.15. The number of benzene rings is 1. The van der Waals surface area contributed by atoms with Crippen molar-refractivity contribution in [3.8, 4) is 11.3 Å². The van der Waals surface area contributed by atoms with Crippen molar-refractivity contribution < 1.29 is 9.90 Å². The molecule has 92 valence electrons. The SMILES string of the molecule is O=C(O)c1ccc(-c2cccc(I)c2)n1C1CC1. The summed E-state index contributed by atoms with van der Waals surface area (Å²) in [5, 5.41) is 9.23. The molecule has 1 N–H and O–H groups in total. The van der Waals surface area contributed by atoms with Crippen LogP contribution < -0.4 is 0 Å². The van der Waals surface area contributed by atoms with Crippen molar-refractivity contribution in [2.45, 2.75) is 18.9 Å². The minimum atomic E-state index is -0.848. The summed E-state index contributed by atoms with van der Waals surface area (Å²) in [5.74, 6) is -0.848. The second-order valence-electron chi connectivity index (χ2n) is 4.52.